The van der Waals surface area contributed by atoms with Gasteiger partial charge in [-0.3, -0.25) is 0 Å². The Hall–Kier alpha value is -3.46. The lowest BCUT2D eigenvalue weighted by Crippen LogP contribution is -2.32. The molecule has 2 heterocycles. The summed E-state index contributed by atoms with van der Waals surface area (Å²) in [5, 5.41) is 9.04. The number of rotatable bonds is 8. The molecule has 0 bridgehead atoms. The number of anilines is 2. The van der Waals surface area contributed by atoms with Crippen LogP contribution >= 0.6 is 11.6 Å². The summed E-state index contributed by atoms with van der Waals surface area (Å²) < 4.78 is 12.3. The number of aromatic nitrogens is 3. The number of urea groups is 1. The normalized spacial score (nSPS) is 10.4. The molecule has 0 atom stereocenters. The van der Waals surface area contributed by atoms with E-state index in [0.29, 0.717) is 46.9 Å². The fraction of sp³-hybridized carbons (Fsp3) is 0.250. The summed E-state index contributed by atoms with van der Waals surface area (Å²) in [4.78, 5) is 21.0. The van der Waals surface area contributed by atoms with Gasteiger partial charge in [0.2, 0.25) is 0 Å². The molecule has 0 aliphatic heterocycles. The Bertz CT molecular complexity index is 1010. The number of benzene rings is 1. The Labute approximate surface area is 179 Å². The van der Waals surface area contributed by atoms with Crippen LogP contribution in [0.5, 0.6) is 11.5 Å². The highest BCUT2D eigenvalue weighted by atomic mass is 35.5. The van der Waals surface area contributed by atoms with Crippen LogP contribution in [0.2, 0.25) is 5.02 Å². The van der Waals surface area contributed by atoms with Crippen LogP contribution in [0.25, 0.3) is 5.82 Å². The van der Waals surface area contributed by atoms with E-state index in [2.05, 4.69) is 25.9 Å². The summed E-state index contributed by atoms with van der Waals surface area (Å²) >= 11 is 6.12. The van der Waals surface area contributed by atoms with Gasteiger partial charge in [-0.15, -0.1) is 0 Å². The van der Waals surface area contributed by atoms with Crippen LogP contribution in [0, 0.1) is 6.92 Å². The van der Waals surface area contributed by atoms with Crippen LogP contribution in [-0.4, -0.2) is 47.9 Å². The highest BCUT2D eigenvalue weighted by molar-refractivity contribution is 6.32. The van der Waals surface area contributed by atoms with E-state index in [-0.39, 0.29) is 6.03 Å². The van der Waals surface area contributed by atoms with E-state index in [1.54, 1.807) is 12.1 Å². The molecule has 30 heavy (non-hydrogen) atoms. The molecule has 3 rings (SSSR count). The SMILES string of the molecule is COc1cc(OC)c(NC(=O)NCCNc2cc(-n3cccc3)nc(C)n2)cc1Cl. The third-order valence-electron chi connectivity index (χ3n) is 4.13. The van der Waals surface area contributed by atoms with E-state index in [9.17, 15) is 4.79 Å². The minimum atomic E-state index is -0.386. The fourth-order valence-electron chi connectivity index (χ4n) is 2.75. The highest BCUT2D eigenvalue weighted by Gasteiger charge is 2.12. The first kappa shape index (κ1) is 21.3. The number of ether oxygens (including phenoxy) is 2. The van der Waals surface area contributed by atoms with Crippen molar-refractivity contribution in [1.82, 2.24) is 19.9 Å². The zero-order valence-corrected chi connectivity index (χ0v) is 17.7. The second-order valence-corrected chi connectivity index (χ2v) is 6.65. The summed E-state index contributed by atoms with van der Waals surface area (Å²) in [6.07, 6.45) is 3.83. The van der Waals surface area contributed by atoms with Crippen LogP contribution in [0.4, 0.5) is 16.3 Å². The smallest absolute Gasteiger partial charge is 0.319 e. The molecule has 0 fully saturated rings. The average molecular weight is 431 g/mol. The van der Waals surface area contributed by atoms with Crippen molar-refractivity contribution in [1.29, 1.82) is 0 Å². The number of halogens is 1. The van der Waals surface area contributed by atoms with Crippen LogP contribution < -0.4 is 25.4 Å². The van der Waals surface area contributed by atoms with Crippen molar-refractivity contribution in [3.8, 4) is 17.3 Å². The number of amides is 2. The van der Waals surface area contributed by atoms with Gasteiger partial charge in [0.1, 0.15) is 29.0 Å². The lowest BCUT2D eigenvalue weighted by atomic mass is 10.2. The number of aryl methyl sites for hydroxylation is 1. The van der Waals surface area contributed by atoms with Gasteiger partial charge < -0.3 is 30.0 Å². The molecule has 1 aromatic carbocycles. The molecule has 158 valence electrons. The fourth-order valence-corrected chi connectivity index (χ4v) is 2.99. The Morgan fingerprint density at radius 3 is 2.50 bits per heavy atom. The van der Waals surface area contributed by atoms with E-state index < -0.39 is 0 Å². The standard InChI is InChI=1S/C20H23ClN6O3/c1-13-24-18(12-19(25-13)27-8-4-5-9-27)22-6-7-23-20(28)26-15-10-14(21)16(29-2)11-17(15)30-3/h4-5,8-12H,6-7H2,1-3H3,(H,22,24,25)(H2,23,26,28). The van der Waals surface area contributed by atoms with Crippen molar-refractivity contribution in [2.75, 3.05) is 37.9 Å². The van der Waals surface area contributed by atoms with E-state index in [4.69, 9.17) is 21.1 Å². The molecule has 0 saturated heterocycles. The Kier molecular flexibility index (Phi) is 6.97. The number of hydrogen-bond donors (Lipinski definition) is 3. The predicted octanol–water partition coefficient (Wildman–Crippen LogP) is 3.48. The number of carbonyl (C=O) groups is 1. The quantitative estimate of drug-likeness (QED) is 0.473. The topological polar surface area (TPSA) is 102 Å². The van der Waals surface area contributed by atoms with Crippen LogP contribution in [0.3, 0.4) is 0 Å². The molecule has 2 aromatic heterocycles. The summed E-state index contributed by atoms with van der Waals surface area (Å²) in [7, 11) is 3.01. The number of carbonyl (C=O) groups excluding carboxylic acids is 1. The van der Waals surface area contributed by atoms with Gasteiger partial charge in [-0.1, -0.05) is 11.6 Å². The average Bonchev–Trinajstić information content (AvgIpc) is 3.26. The molecular formula is C20H23ClN6O3. The molecular weight excluding hydrogens is 408 g/mol. The van der Waals surface area contributed by atoms with Crippen molar-refractivity contribution in [3.63, 3.8) is 0 Å². The van der Waals surface area contributed by atoms with Crippen LogP contribution in [0.15, 0.2) is 42.7 Å². The summed E-state index contributed by atoms with van der Waals surface area (Å²) in [6.45, 7) is 2.69. The molecule has 0 spiro atoms. The largest absolute Gasteiger partial charge is 0.495 e. The zero-order valence-electron chi connectivity index (χ0n) is 16.9. The summed E-state index contributed by atoms with van der Waals surface area (Å²) in [5.74, 6) is 3.00. The van der Waals surface area contributed by atoms with E-state index >= 15 is 0 Å². The third kappa shape index (κ3) is 5.32. The van der Waals surface area contributed by atoms with Gasteiger partial charge in [-0.05, 0) is 25.1 Å². The lowest BCUT2D eigenvalue weighted by molar-refractivity contribution is 0.252. The molecule has 3 aromatic rings. The zero-order chi connectivity index (χ0) is 21.5. The van der Waals surface area contributed by atoms with Crippen molar-refractivity contribution in [2.24, 2.45) is 0 Å². The minimum absolute atomic E-state index is 0.368. The molecule has 0 aliphatic rings. The number of nitrogens with zero attached hydrogens (tertiary/aromatic N) is 3. The maximum absolute atomic E-state index is 12.2. The predicted molar refractivity (Wildman–Crippen MR) is 116 cm³/mol. The van der Waals surface area contributed by atoms with Crippen molar-refractivity contribution in [3.05, 3.63) is 53.6 Å². The highest BCUT2D eigenvalue weighted by Crippen LogP contribution is 2.35. The van der Waals surface area contributed by atoms with Gasteiger partial charge in [0.25, 0.3) is 0 Å². The van der Waals surface area contributed by atoms with Gasteiger partial charge in [-0.2, -0.15) is 0 Å². The Morgan fingerprint density at radius 2 is 1.80 bits per heavy atom. The molecule has 0 unspecified atom stereocenters. The van der Waals surface area contributed by atoms with Crippen molar-refractivity contribution in [2.45, 2.75) is 6.92 Å². The Morgan fingerprint density at radius 1 is 1.07 bits per heavy atom. The summed E-state index contributed by atoms with van der Waals surface area (Å²) in [5.41, 5.74) is 0.441. The van der Waals surface area contributed by atoms with Gasteiger partial charge in [0.15, 0.2) is 0 Å². The maximum Gasteiger partial charge on any atom is 0.319 e. The van der Waals surface area contributed by atoms with E-state index in [1.807, 2.05) is 42.1 Å². The number of methoxy groups -OCH3 is 2. The first-order chi connectivity index (χ1) is 14.5. The molecule has 0 saturated carbocycles. The van der Waals surface area contributed by atoms with Crippen molar-refractivity contribution >= 4 is 29.1 Å². The first-order valence-electron chi connectivity index (χ1n) is 9.19. The second-order valence-electron chi connectivity index (χ2n) is 6.24. The van der Waals surface area contributed by atoms with Crippen molar-refractivity contribution < 1.29 is 14.3 Å². The molecule has 10 heteroatoms. The molecule has 2 amide bonds. The van der Waals surface area contributed by atoms with Gasteiger partial charge in [0, 0.05) is 37.6 Å². The van der Waals surface area contributed by atoms with E-state index in [1.165, 1.54) is 14.2 Å². The van der Waals surface area contributed by atoms with Gasteiger partial charge in [-0.25, -0.2) is 14.8 Å². The van der Waals surface area contributed by atoms with Crippen LogP contribution in [-0.2, 0) is 0 Å². The van der Waals surface area contributed by atoms with Crippen LogP contribution in [0.1, 0.15) is 5.82 Å². The summed E-state index contributed by atoms with van der Waals surface area (Å²) in [6, 6.07) is 8.50. The van der Waals surface area contributed by atoms with Gasteiger partial charge >= 0.3 is 6.03 Å². The number of hydrogen-bond acceptors (Lipinski definition) is 6. The third-order valence-corrected chi connectivity index (χ3v) is 4.43. The lowest BCUT2D eigenvalue weighted by Gasteiger charge is -2.14. The maximum atomic E-state index is 12.2. The van der Waals surface area contributed by atoms with Gasteiger partial charge in [0.05, 0.1) is 24.9 Å². The molecule has 0 aliphatic carbocycles. The molecule has 0 radical (unpaired) electrons. The molecule has 3 N–H and O–H groups in total. The molecule has 9 nitrogen and oxygen atoms in total. The second kappa shape index (κ2) is 9.84. The van der Waals surface area contributed by atoms with E-state index in [0.717, 1.165) is 5.82 Å². The minimum Gasteiger partial charge on any atom is -0.495 e. The first-order valence-corrected chi connectivity index (χ1v) is 9.57. The number of nitrogens with one attached hydrogen (secondary N) is 3. The monoisotopic (exact) mass is 430 g/mol. The Balaban J connectivity index is 1.53.